The van der Waals surface area contributed by atoms with E-state index >= 15 is 0 Å². The topological polar surface area (TPSA) is 87.6 Å². The molecule has 2 aromatic rings. The first kappa shape index (κ1) is 14.8. The van der Waals surface area contributed by atoms with Gasteiger partial charge in [0.1, 0.15) is 18.0 Å². The van der Waals surface area contributed by atoms with E-state index in [1.54, 1.807) is 19.2 Å². The van der Waals surface area contributed by atoms with Crippen LogP contribution in [0.5, 0.6) is 5.75 Å². The van der Waals surface area contributed by atoms with E-state index in [0.29, 0.717) is 19.0 Å². The van der Waals surface area contributed by atoms with Crippen molar-refractivity contribution >= 4 is 11.4 Å². The average Bonchev–Trinajstić information content (AvgIpc) is 2.45. The number of ether oxygens (including phenoxy) is 2. The summed E-state index contributed by atoms with van der Waals surface area (Å²) in [4.78, 5) is 10.2. The maximum atomic E-state index is 10.7. The van der Waals surface area contributed by atoms with Crippen LogP contribution in [0.25, 0.3) is 0 Å². The lowest BCUT2D eigenvalue weighted by Gasteiger charge is -2.08. The second-order valence-corrected chi connectivity index (χ2v) is 4.52. The van der Waals surface area contributed by atoms with Crippen LogP contribution >= 0.6 is 0 Å². The number of nitrogens with two attached hydrogens (primary N) is 1. The molecule has 0 saturated heterocycles. The molecule has 2 aromatic carbocycles. The summed E-state index contributed by atoms with van der Waals surface area (Å²) < 4.78 is 10.7. The summed E-state index contributed by atoms with van der Waals surface area (Å²) >= 11 is 0. The Labute approximate surface area is 122 Å². The summed E-state index contributed by atoms with van der Waals surface area (Å²) in [5.41, 5.74) is 7.46. The molecule has 0 spiro atoms. The lowest BCUT2D eigenvalue weighted by atomic mass is 10.2. The van der Waals surface area contributed by atoms with Crippen LogP contribution in [0.4, 0.5) is 11.4 Å². The average molecular weight is 288 g/mol. The second-order valence-electron chi connectivity index (χ2n) is 4.52. The molecule has 0 bridgehead atoms. The monoisotopic (exact) mass is 288 g/mol. The quantitative estimate of drug-likeness (QED) is 0.501. The third-order valence-electron chi connectivity index (χ3n) is 2.90. The fourth-order valence-corrected chi connectivity index (χ4v) is 1.92. The van der Waals surface area contributed by atoms with Gasteiger partial charge in [-0.2, -0.15) is 0 Å². The molecule has 0 amide bonds. The van der Waals surface area contributed by atoms with E-state index in [4.69, 9.17) is 15.2 Å². The maximum Gasteiger partial charge on any atom is 0.292 e. The van der Waals surface area contributed by atoms with Crippen LogP contribution in [-0.2, 0) is 18.0 Å². The molecule has 0 aliphatic rings. The summed E-state index contributed by atoms with van der Waals surface area (Å²) in [6.07, 6.45) is 0. The smallest absolute Gasteiger partial charge is 0.292 e. The van der Waals surface area contributed by atoms with Gasteiger partial charge < -0.3 is 15.2 Å². The molecule has 6 nitrogen and oxygen atoms in total. The predicted molar refractivity (Wildman–Crippen MR) is 79.0 cm³/mol. The van der Waals surface area contributed by atoms with Gasteiger partial charge in [0.2, 0.25) is 0 Å². The molecule has 0 fully saturated rings. The van der Waals surface area contributed by atoms with Gasteiger partial charge in [-0.15, -0.1) is 0 Å². The molecule has 2 rings (SSSR count). The van der Waals surface area contributed by atoms with E-state index in [1.165, 1.54) is 6.07 Å². The van der Waals surface area contributed by atoms with Crippen LogP contribution in [-0.4, -0.2) is 12.0 Å². The zero-order valence-electron chi connectivity index (χ0n) is 11.6. The van der Waals surface area contributed by atoms with Gasteiger partial charge >= 0.3 is 0 Å². The van der Waals surface area contributed by atoms with Gasteiger partial charge in [0.25, 0.3) is 5.69 Å². The summed E-state index contributed by atoms with van der Waals surface area (Å²) in [6.45, 7) is 0.806. The molecule has 0 aliphatic heterocycles. The molecule has 110 valence electrons. The third kappa shape index (κ3) is 3.93. The molecule has 0 aromatic heterocycles. The highest BCUT2D eigenvalue weighted by Gasteiger charge is 2.11. The normalized spacial score (nSPS) is 10.3. The molecule has 0 saturated carbocycles. The van der Waals surface area contributed by atoms with Gasteiger partial charge in [0.15, 0.2) is 0 Å². The minimum Gasteiger partial charge on any atom is -0.489 e. The molecular formula is C15H16N2O4. The fraction of sp³-hybridized carbons (Fsp3) is 0.200. The summed E-state index contributed by atoms with van der Waals surface area (Å²) in [5.74, 6) is 0.710. The summed E-state index contributed by atoms with van der Waals surface area (Å²) in [6, 6.07) is 12.1. The highest BCUT2D eigenvalue weighted by atomic mass is 16.6. The van der Waals surface area contributed by atoms with Crippen LogP contribution in [0.1, 0.15) is 11.1 Å². The Morgan fingerprint density at radius 3 is 2.57 bits per heavy atom. The summed E-state index contributed by atoms with van der Waals surface area (Å²) in [7, 11) is 1.63. The van der Waals surface area contributed by atoms with E-state index in [-0.39, 0.29) is 11.4 Å². The Bertz CT molecular complexity index is 643. The molecule has 0 unspecified atom stereocenters. The Kier molecular flexibility index (Phi) is 4.73. The second kappa shape index (κ2) is 6.71. The Morgan fingerprint density at radius 2 is 1.90 bits per heavy atom. The predicted octanol–water partition coefficient (Wildman–Crippen LogP) is 2.90. The summed E-state index contributed by atoms with van der Waals surface area (Å²) in [5, 5.41) is 10.7. The number of methoxy groups -OCH3 is 1. The molecule has 2 N–H and O–H groups in total. The van der Waals surface area contributed by atoms with E-state index in [2.05, 4.69) is 0 Å². The molecule has 6 heteroatoms. The van der Waals surface area contributed by atoms with Gasteiger partial charge in [-0.05, 0) is 35.4 Å². The number of hydrogen-bond acceptors (Lipinski definition) is 5. The molecule has 0 aliphatic carbocycles. The molecule has 0 radical (unpaired) electrons. The number of hydrogen-bond donors (Lipinski definition) is 1. The number of anilines is 1. The van der Waals surface area contributed by atoms with Crippen molar-refractivity contribution < 1.29 is 14.4 Å². The fourth-order valence-electron chi connectivity index (χ4n) is 1.92. The van der Waals surface area contributed by atoms with E-state index in [0.717, 1.165) is 11.1 Å². The van der Waals surface area contributed by atoms with Gasteiger partial charge in [-0.1, -0.05) is 12.1 Å². The first-order valence-corrected chi connectivity index (χ1v) is 6.33. The SMILES string of the molecule is COCc1cccc(OCc2ccc([N+](=O)[O-])c(N)c2)c1. The Morgan fingerprint density at radius 1 is 1.14 bits per heavy atom. The first-order chi connectivity index (χ1) is 10.1. The van der Waals surface area contributed by atoms with Gasteiger partial charge in [0.05, 0.1) is 11.5 Å². The van der Waals surface area contributed by atoms with Crippen molar-refractivity contribution in [2.24, 2.45) is 0 Å². The van der Waals surface area contributed by atoms with Crippen LogP contribution in [0.15, 0.2) is 42.5 Å². The van der Waals surface area contributed by atoms with E-state index in [9.17, 15) is 10.1 Å². The molecular weight excluding hydrogens is 272 g/mol. The number of rotatable bonds is 6. The molecule has 21 heavy (non-hydrogen) atoms. The van der Waals surface area contributed by atoms with Crippen molar-refractivity contribution in [2.45, 2.75) is 13.2 Å². The Balaban J connectivity index is 2.04. The maximum absolute atomic E-state index is 10.7. The Hall–Kier alpha value is -2.60. The third-order valence-corrected chi connectivity index (χ3v) is 2.90. The van der Waals surface area contributed by atoms with Crippen molar-refractivity contribution in [2.75, 3.05) is 12.8 Å². The van der Waals surface area contributed by atoms with Crippen molar-refractivity contribution in [3.8, 4) is 5.75 Å². The molecule has 0 heterocycles. The van der Waals surface area contributed by atoms with Crippen molar-refractivity contribution in [3.05, 3.63) is 63.7 Å². The van der Waals surface area contributed by atoms with Crippen molar-refractivity contribution in [1.82, 2.24) is 0 Å². The minimum absolute atomic E-state index is 0.0964. The lowest BCUT2D eigenvalue weighted by molar-refractivity contribution is -0.383. The zero-order chi connectivity index (χ0) is 15.2. The highest BCUT2D eigenvalue weighted by Crippen LogP contribution is 2.23. The van der Waals surface area contributed by atoms with E-state index in [1.807, 2.05) is 24.3 Å². The van der Waals surface area contributed by atoms with E-state index < -0.39 is 4.92 Å². The van der Waals surface area contributed by atoms with Crippen LogP contribution in [0.2, 0.25) is 0 Å². The highest BCUT2D eigenvalue weighted by molar-refractivity contribution is 5.59. The number of nitrogen functional groups attached to an aromatic ring is 1. The van der Waals surface area contributed by atoms with Gasteiger partial charge in [-0.25, -0.2) is 0 Å². The number of nitro benzene ring substituents is 1. The minimum atomic E-state index is -0.506. The molecule has 0 atom stereocenters. The van der Waals surface area contributed by atoms with Crippen molar-refractivity contribution in [3.63, 3.8) is 0 Å². The zero-order valence-corrected chi connectivity index (χ0v) is 11.6. The van der Waals surface area contributed by atoms with Crippen molar-refractivity contribution in [1.29, 1.82) is 0 Å². The largest absolute Gasteiger partial charge is 0.489 e. The first-order valence-electron chi connectivity index (χ1n) is 6.33. The van der Waals surface area contributed by atoms with Crippen LogP contribution < -0.4 is 10.5 Å². The van der Waals surface area contributed by atoms with Gasteiger partial charge in [0, 0.05) is 13.2 Å². The standard InChI is InChI=1S/C15H16N2O4/c1-20-9-11-3-2-4-13(7-11)21-10-12-5-6-15(17(18)19)14(16)8-12/h2-8H,9-10,16H2,1H3. The van der Waals surface area contributed by atoms with Crippen LogP contribution in [0, 0.1) is 10.1 Å². The van der Waals surface area contributed by atoms with Gasteiger partial charge in [-0.3, -0.25) is 10.1 Å². The number of nitro groups is 1. The lowest BCUT2D eigenvalue weighted by Crippen LogP contribution is -2.00. The number of benzene rings is 2. The van der Waals surface area contributed by atoms with Crippen LogP contribution in [0.3, 0.4) is 0 Å². The number of nitrogens with zero attached hydrogens (tertiary/aromatic N) is 1.